The van der Waals surface area contributed by atoms with Crippen molar-refractivity contribution in [2.75, 3.05) is 0 Å². The highest BCUT2D eigenvalue weighted by atomic mass is 32.1. The largest absolute Gasteiger partial charge is 0.508 e. The maximum Gasteiger partial charge on any atom is 0.276 e. The topological polar surface area (TPSA) is 306 Å². The van der Waals surface area contributed by atoms with E-state index in [0.717, 1.165) is 77.6 Å². The molecule has 0 aliphatic rings. The van der Waals surface area contributed by atoms with Crippen molar-refractivity contribution in [1.29, 1.82) is 0 Å². The molecule has 7 heterocycles. The minimum Gasteiger partial charge on any atom is -0.508 e. The number of carbonyl (C=O) groups is 6. The Morgan fingerprint density at radius 2 is 0.914 bits per heavy atom. The number of hydroxylamine groups is 3. The number of phenolic OH excluding ortho intramolecular Hbond substituents is 1. The maximum absolute atomic E-state index is 13.4. The fraction of sp³-hybridized carbons (Fsp3) is 0.0972. The molecule has 7 aromatic heterocycles. The number of nitrogens with one attached hydrogen (secondary N) is 6. The molecule has 0 radical (unpaired) electrons. The van der Waals surface area contributed by atoms with E-state index in [1.165, 1.54) is 30.0 Å². The summed E-state index contributed by atoms with van der Waals surface area (Å²) in [6.45, 7) is 2.03. The number of Topliss-reactive ketones (excluding diaryl/α,β-unsaturated/α-hetero) is 3. The lowest BCUT2D eigenvalue weighted by Crippen LogP contribution is -2.18. The van der Waals surface area contributed by atoms with E-state index in [-0.39, 0.29) is 47.3 Å². The number of hydrogen-bond donors (Lipinski definition) is 10. The number of ketones is 3. The monoisotopic (exact) mass is 1270 g/mol. The van der Waals surface area contributed by atoms with Crippen molar-refractivity contribution in [2.45, 2.75) is 45.4 Å². The number of aromatic nitrogens is 4. The molecular formula is C72H60FN7O12S. The van der Waals surface area contributed by atoms with Crippen molar-refractivity contribution in [3.8, 4) is 72.2 Å². The van der Waals surface area contributed by atoms with E-state index in [1.54, 1.807) is 150 Å². The predicted molar refractivity (Wildman–Crippen MR) is 347 cm³/mol. The third kappa shape index (κ3) is 16.2. The third-order valence-corrected chi connectivity index (χ3v) is 16.1. The van der Waals surface area contributed by atoms with Gasteiger partial charge in [-0.05, 0) is 169 Å². The number of pyridine rings is 1. The normalized spacial score (nSPS) is 10.8. The minimum atomic E-state index is -0.647. The molecule has 0 saturated heterocycles. The van der Waals surface area contributed by atoms with E-state index in [9.17, 15) is 38.3 Å². The molecule has 0 aliphatic heterocycles. The summed E-state index contributed by atoms with van der Waals surface area (Å²) in [5, 5.41) is 37.6. The van der Waals surface area contributed by atoms with E-state index in [2.05, 4.69) is 19.9 Å². The summed E-state index contributed by atoms with van der Waals surface area (Å²) >= 11 is 1.56. The number of aryl methyl sites for hydroxylation is 4. The first-order valence-corrected chi connectivity index (χ1v) is 30.0. The molecule has 0 bridgehead atoms. The summed E-state index contributed by atoms with van der Waals surface area (Å²) < 4.78 is 23.8. The van der Waals surface area contributed by atoms with Crippen LogP contribution in [-0.2, 0) is 19.3 Å². The molecule has 21 heteroatoms. The first-order chi connectivity index (χ1) is 45.1. The van der Waals surface area contributed by atoms with Crippen molar-refractivity contribution in [2.24, 2.45) is 0 Å². The van der Waals surface area contributed by atoms with Crippen LogP contribution in [0.5, 0.6) is 5.75 Å². The van der Waals surface area contributed by atoms with Gasteiger partial charge in [-0.1, -0.05) is 72.3 Å². The number of rotatable bonds is 21. The molecule has 0 spiro atoms. The zero-order valence-corrected chi connectivity index (χ0v) is 50.6. The van der Waals surface area contributed by atoms with Crippen LogP contribution >= 0.6 is 11.3 Å². The second-order valence-electron chi connectivity index (χ2n) is 21.4. The molecule has 0 fully saturated rings. The van der Waals surface area contributed by atoms with E-state index in [1.807, 2.05) is 73.0 Å². The molecule has 12 aromatic rings. The summed E-state index contributed by atoms with van der Waals surface area (Å²) in [5.41, 5.74) is 19.8. The summed E-state index contributed by atoms with van der Waals surface area (Å²) in [6, 6.07) is 50.9. The molecule has 0 unspecified atom stereocenters. The van der Waals surface area contributed by atoms with Gasteiger partial charge in [-0.15, -0.1) is 11.3 Å². The second-order valence-corrected chi connectivity index (χ2v) is 22.3. The van der Waals surface area contributed by atoms with Gasteiger partial charge in [0.1, 0.15) is 11.6 Å². The quantitative estimate of drug-likeness (QED) is 0.0182. The fourth-order valence-electron chi connectivity index (χ4n) is 10.1. The maximum atomic E-state index is 13.4. The van der Waals surface area contributed by atoms with Gasteiger partial charge in [-0.2, -0.15) is 0 Å². The van der Waals surface area contributed by atoms with Crippen LogP contribution in [0.15, 0.2) is 221 Å². The van der Waals surface area contributed by atoms with Crippen LogP contribution in [0.3, 0.4) is 0 Å². The van der Waals surface area contributed by atoms with Gasteiger partial charge in [0.15, 0.2) is 17.3 Å². The Kier molecular flexibility index (Phi) is 20.9. The summed E-state index contributed by atoms with van der Waals surface area (Å²) in [5.74, 6) is -2.13. The van der Waals surface area contributed by atoms with E-state index in [4.69, 9.17) is 24.5 Å². The fourth-order valence-corrected chi connectivity index (χ4v) is 10.8. The van der Waals surface area contributed by atoms with Crippen molar-refractivity contribution >= 4 is 46.4 Å². The molecule has 0 atom stereocenters. The van der Waals surface area contributed by atoms with Gasteiger partial charge < -0.3 is 28.9 Å². The van der Waals surface area contributed by atoms with Crippen molar-refractivity contribution in [3.05, 3.63) is 275 Å². The molecule has 10 N–H and O–H groups in total. The summed E-state index contributed by atoms with van der Waals surface area (Å²) in [7, 11) is 0. The number of H-pyrrole nitrogens is 3. The Hall–Kier alpha value is -11.6. The number of benzene rings is 5. The van der Waals surface area contributed by atoms with Gasteiger partial charge in [-0.25, -0.2) is 20.8 Å². The zero-order valence-electron chi connectivity index (χ0n) is 49.7. The second kappa shape index (κ2) is 30.3. The van der Waals surface area contributed by atoms with Crippen molar-refractivity contribution < 1.29 is 62.7 Å². The molecule has 19 nitrogen and oxygen atoms in total. The van der Waals surface area contributed by atoms with E-state index < -0.39 is 17.7 Å². The van der Waals surface area contributed by atoms with Crippen molar-refractivity contribution in [1.82, 2.24) is 36.4 Å². The summed E-state index contributed by atoms with van der Waals surface area (Å²) in [4.78, 5) is 88.4. The van der Waals surface area contributed by atoms with Gasteiger partial charge in [0, 0.05) is 81.5 Å². The highest BCUT2D eigenvalue weighted by Crippen LogP contribution is 2.36. The number of amides is 3. The number of halogens is 1. The van der Waals surface area contributed by atoms with Crippen LogP contribution in [0.2, 0.25) is 0 Å². The van der Waals surface area contributed by atoms with Crippen LogP contribution in [0, 0.1) is 12.7 Å². The lowest BCUT2D eigenvalue weighted by molar-refractivity contribution is 0.0701. The summed E-state index contributed by atoms with van der Waals surface area (Å²) in [6.07, 6.45) is 9.91. The molecule has 93 heavy (non-hydrogen) atoms. The smallest absolute Gasteiger partial charge is 0.276 e. The molecule has 3 amide bonds. The Balaban J connectivity index is 0.000000153. The highest BCUT2D eigenvalue weighted by molar-refractivity contribution is 7.13. The van der Waals surface area contributed by atoms with Gasteiger partial charge in [0.05, 0.1) is 58.3 Å². The van der Waals surface area contributed by atoms with E-state index in [0.29, 0.717) is 59.6 Å². The third-order valence-electron chi connectivity index (χ3n) is 15.2. The molecule has 0 aliphatic carbocycles. The van der Waals surface area contributed by atoms with Crippen molar-refractivity contribution in [3.63, 3.8) is 0 Å². The number of thiophene rings is 1. The van der Waals surface area contributed by atoms with E-state index >= 15 is 0 Å². The standard InChI is InChI=1S/C25H22N2O4.C24H20N2O5.C23H18FN3O3S/c1-16-2-7-18(8-3-16)22-14-21(20-12-13-31-15-20)24(26-22)23(28)11-6-17-4-9-19(10-5-17)25(29)27-30;27-19-8-6-16(7-9-19)21-13-20(18-11-12-31-14-18)23(25-21)22(28)10-3-15-1-4-17(5-2-15)24(29)26-30;24-16-6-3-14(4-7-16)18-12-19(21-2-1-11-31-21)26-22(18)20(28)10-9-17-8-5-15(13-25-17)23(29)27-30/h2-5,7-10,12-15,26,30H,6,11H2,1H3,(H,27,29);1-2,4-9,11-14,25,27,30H,3,10H2,(H,26,29);1-8,11-13,26,30H,9-10H2,(H,27,29). The number of aromatic amines is 3. The van der Waals surface area contributed by atoms with Gasteiger partial charge in [-0.3, -0.25) is 49.4 Å². The Morgan fingerprint density at radius 1 is 0.484 bits per heavy atom. The van der Waals surface area contributed by atoms with Crippen LogP contribution in [0.4, 0.5) is 4.39 Å². The average Bonchev–Trinajstić information content (AvgIpc) is 1.71. The lowest BCUT2D eigenvalue weighted by atomic mass is 10.0. The predicted octanol–water partition coefficient (Wildman–Crippen LogP) is 14.6. The first kappa shape index (κ1) is 64.4. The zero-order chi connectivity index (χ0) is 65.4. The van der Waals surface area contributed by atoms with Gasteiger partial charge in [0.2, 0.25) is 0 Å². The number of phenols is 1. The minimum absolute atomic E-state index is 0.00765. The molecule has 12 rings (SSSR count). The average molecular weight is 1270 g/mol. The number of furan rings is 2. The van der Waals surface area contributed by atoms with Crippen LogP contribution in [0.1, 0.15) is 104 Å². The van der Waals surface area contributed by atoms with Crippen LogP contribution < -0.4 is 16.4 Å². The number of aromatic hydroxyl groups is 1. The van der Waals surface area contributed by atoms with Crippen LogP contribution in [-0.4, -0.2) is 75.7 Å². The molecular weight excluding hydrogens is 1210 g/mol. The van der Waals surface area contributed by atoms with Gasteiger partial charge >= 0.3 is 0 Å². The van der Waals surface area contributed by atoms with Crippen LogP contribution in [0.25, 0.3) is 66.5 Å². The number of carbonyl (C=O) groups excluding carboxylic acids is 6. The van der Waals surface area contributed by atoms with Gasteiger partial charge in [0.25, 0.3) is 17.7 Å². The Morgan fingerprint density at radius 3 is 1.35 bits per heavy atom. The lowest BCUT2D eigenvalue weighted by Gasteiger charge is -2.05. The molecule has 0 saturated carbocycles. The number of hydrogen-bond acceptors (Lipinski definition) is 14. The number of nitrogens with zero attached hydrogens (tertiary/aromatic N) is 1. The Bertz CT molecular complexity index is 4310. The molecule has 468 valence electrons. The molecule has 5 aromatic carbocycles. The highest BCUT2D eigenvalue weighted by Gasteiger charge is 2.22. The first-order valence-electron chi connectivity index (χ1n) is 29.1. The SMILES string of the molecule is Cc1ccc(-c2cc(-c3ccoc3)c(C(=O)CCc3ccc(C(=O)NO)cc3)[nH]2)cc1.O=C(NO)c1ccc(CCC(=O)c2[nH]c(-c3ccc(O)cc3)cc2-c2ccoc2)cc1.O=C(NO)c1ccc(CCC(=O)c2[nH]c(-c3cccs3)cc2-c2ccc(F)cc2)nc1. The Labute approximate surface area is 535 Å².